The number of methoxy groups -OCH3 is 1. The molecule has 0 amide bonds. The lowest BCUT2D eigenvalue weighted by molar-refractivity contribution is 0.397. The van der Waals surface area contributed by atoms with E-state index < -0.39 is 0 Å². The van der Waals surface area contributed by atoms with Crippen molar-refractivity contribution >= 4 is 11.8 Å². The molecule has 0 aliphatic heterocycles. The molecule has 1 aliphatic carbocycles. The molecule has 0 spiro atoms. The van der Waals surface area contributed by atoms with E-state index in [9.17, 15) is 0 Å². The van der Waals surface area contributed by atoms with E-state index in [0.717, 1.165) is 5.82 Å². The predicted octanol–water partition coefficient (Wildman–Crippen LogP) is 1.03. The lowest BCUT2D eigenvalue weighted by Gasteiger charge is -2.26. The van der Waals surface area contributed by atoms with Crippen LogP contribution in [-0.4, -0.2) is 23.1 Å². The summed E-state index contributed by atoms with van der Waals surface area (Å²) in [7, 11) is 1.56. The number of nitrogens with two attached hydrogens (primary N) is 1. The highest BCUT2D eigenvalue weighted by atomic mass is 16.5. The zero-order valence-corrected chi connectivity index (χ0v) is 8.16. The van der Waals surface area contributed by atoms with Crippen molar-refractivity contribution in [1.82, 2.24) is 9.97 Å². The van der Waals surface area contributed by atoms with Crippen LogP contribution in [0.1, 0.15) is 19.3 Å². The van der Waals surface area contributed by atoms with Crippen molar-refractivity contribution in [3.8, 4) is 5.88 Å². The fourth-order valence-electron chi connectivity index (χ4n) is 1.38. The first-order valence-corrected chi connectivity index (χ1v) is 4.73. The Morgan fingerprint density at radius 2 is 2.29 bits per heavy atom. The number of ether oxygens (including phenoxy) is 1. The van der Waals surface area contributed by atoms with E-state index >= 15 is 0 Å². The number of rotatable bonds is 3. The Kier molecular flexibility index (Phi) is 2.39. The molecule has 3 N–H and O–H groups in total. The lowest BCUT2D eigenvalue weighted by Crippen LogP contribution is -2.27. The third kappa shape index (κ3) is 1.86. The van der Waals surface area contributed by atoms with E-state index in [-0.39, 0.29) is 5.95 Å². The van der Waals surface area contributed by atoms with Gasteiger partial charge in [0.05, 0.1) is 7.11 Å². The fraction of sp³-hybridized carbons (Fsp3) is 0.556. The predicted molar refractivity (Wildman–Crippen MR) is 54.3 cm³/mol. The van der Waals surface area contributed by atoms with E-state index in [2.05, 4.69) is 15.3 Å². The molecule has 1 fully saturated rings. The van der Waals surface area contributed by atoms with Gasteiger partial charge in [-0.1, -0.05) is 0 Å². The van der Waals surface area contributed by atoms with Gasteiger partial charge in [-0.15, -0.1) is 0 Å². The van der Waals surface area contributed by atoms with E-state index in [1.165, 1.54) is 19.3 Å². The number of nitrogen functional groups attached to an aromatic ring is 1. The minimum atomic E-state index is 0.242. The van der Waals surface area contributed by atoms with E-state index in [1.54, 1.807) is 13.2 Å². The summed E-state index contributed by atoms with van der Waals surface area (Å²) in [4.78, 5) is 7.99. The molecule has 0 aromatic carbocycles. The summed E-state index contributed by atoms with van der Waals surface area (Å²) in [5, 5.41) is 3.28. The molecule has 0 saturated heterocycles. The maximum absolute atomic E-state index is 5.53. The van der Waals surface area contributed by atoms with E-state index in [0.29, 0.717) is 11.9 Å². The van der Waals surface area contributed by atoms with Gasteiger partial charge in [0.1, 0.15) is 5.82 Å². The van der Waals surface area contributed by atoms with Gasteiger partial charge in [-0.05, 0) is 19.3 Å². The molecule has 1 saturated carbocycles. The summed E-state index contributed by atoms with van der Waals surface area (Å²) < 4.78 is 5.00. The second-order valence-electron chi connectivity index (χ2n) is 3.43. The van der Waals surface area contributed by atoms with Gasteiger partial charge in [0.15, 0.2) is 0 Å². The first kappa shape index (κ1) is 9.05. The number of hydrogen-bond acceptors (Lipinski definition) is 5. The minimum absolute atomic E-state index is 0.242. The summed E-state index contributed by atoms with van der Waals surface area (Å²) in [5.74, 6) is 1.49. The van der Waals surface area contributed by atoms with Gasteiger partial charge in [0.25, 0.3) is 0 Å². The van der Waals surface area contributed by atoms with Crippen LogP contribution in [0, 0.1) is 0 Å². The van der Waals surface area contributed by atoms with Crippen LogP contribution < -0.4 is 15.8 Å². The Labute approximate surface area is 82.7 Å². The molecule has 1 aromatic heterocycles. The number of hydrogen-bond donors (Lipinski definition) is 2. The molecule has 1 aromatic rings. The molecule has 14 heavy (non-hydrogen) atoms. The Hall–Kier alpha value is -1.52. The fourth-order valence-corrected chi connectivity index (χ4v) is 1.38. The van der Waals surface area contributed by atoms with Crippen molar-refractivity contribution in [3.05, 3.63) is 6.07 Å². The van der Waals surface area contributed by atoms with Gasteiger partial charge in [0, 0.05) is 12.1 Å². The first-order valence-electron chi connectivity index (χ1n) is 4.73. The highest BCUT2D eigenvalue weighted by Gasteiger charge is 2.17. The van der Waals surface area contributed by atoms with E-state index in [1.807, 2.05) is 0 Å². The molecular weight excluding hydrogens is 180 g/mol. The Balaban J connectivity index is 2.11. The molecule has 1 aliphatic rings. The van der Waals surface area contributed by atoms with Crippen LogP contribution in [0.2, 0.25) is 0 Å². The van der Waals surface area contributed by atoms with Gasteiger partial charge in [-0.3, -0.25) is 0 Å². The second kappa shape index (κ2) is 3.69. The largest absolute Gasteiger partial charge is 0.481 e. The molecule has 0 atom stereocenters. The molecule has 1 heterocycles. The summed E-state index contributed by atoms with van der Waals surface area (Å²) in [6.07, 6.45) is 3.69. The highest BCUT2D eigenvalue weighted by Crippen LogP contribution is 2.23. The topological polar surface area (TPSA) is 73.1 Å². The van der Waals surface area contributed by atoms with Gasteiger partial charge in [0.2, 0.25) is 11.8 Å². The first-order chi connectivity index (χ1) is 6.78. The van der Waals surface area contributed by atoms with Crippen molar-refractivity contribution in [2.45, 2.75) is 25.3 Å². The van der Waals surface area contributed by atoms with Crippen LogP contribution in [0.4, 0.5) is 11.8 Å². The van der Waals surface area contributed by atoms with Crippen LogP contribution in [0.25, 0.3) is 0 Å². The molecule has 76 valence electrons. The number of anilines is 2. The van der Waals surface area contributed by atoms with Gasteiger partial charge in [-0.25, -0.2) is 0 Å². The zero-order valence-electron chi connectivity index (χ0n) is 8.16. The maximum atomic E-state index is 5.53. The van der Waals surface area contributed by atoms with Crippen LogP contribution in [0.3, 0.4) is 0 Å². The van der Waals surface area contributed by atoms with Crippen LogP contribution in [-0.2, 0) is 0 Å². The average Bonchev–Trinajstić information content (AvgIpc) is 2.10. The van der Waals surface area contributed by atoms with Crippen LogP contribution >= 0.6 is 0 Å². The third-order valence-electron chi connectivity index (χ3n) is 2.39. The maximum Gasteiger partial charge on any atom is 0.225 e. The number of aromatic nitrogens is 2. The smallest absolute Gasteiger partial charge is 0.225 e. The lowest BCUT2D eigenvalue weighted by atomic mass is 9.93. The van der Waals surface area contributed by atoms with Crippen molar-refractivity contribution in [3.63, 3.8) is 0 Å². The average molecular weight is 194 g/mol. The van der Waals surface area contributed by atoms with Crippen molar-refractivity contribution in [1.29, 1.82) is 0 Å². The Bertz CT molecular complexity index is 325. The van der Waals surface area contributed by atoms with Crippen LogP contribution in [0.15, 0.2) is 6.07 Å². The molecule has 2 rings (SSSR count). The Morgan fingerprint density at radius 1 is 1.50 bits per heavy atom. The van der Waals surface area contributed by atoms with Gasteiger partial charge >= 0.3 is 0 Å². The number of nitrogens with zero attached hydrogens (tertiary/aromatic N) is 2. The summed E-state index contributed by atoms with van der Waals surface area (Å²) in [6, 6.07) is 2.29. The summed E-state index contributed by atoms with van der Waals surface area (Å²) in [6.45, 7) is 0. The van der Waals surface area contributed by atoms with E-state index in [4.69, 9.17) is 10.5 Å². The van der Waals surface area contributed by atoms with Crippen molar-refractivity contribution in [2.75, 3.05) is 18.2 Å². The third-order valence-corrected chi connectivity index (χ3v) is 2.39. The molecule has 5 nitrogen and oxygen atoms in total. The quantitative estimate of drug-likeness (QED) is 0.751. The Morgan fingerprint density at radius 3 is 2.86 bits per heavy atom. The van der Waals surface area contributed by atoms with Crippen LogP contribution in [0.5, 0.6) is 5.88 Å². The minimum Gasteiger partial charge on any atom is -0.481 e. The molecule has 0 radical (unpaired) electrons. The van der Waals surface area contributed by atoms with Gasteiger partial charge in [-0.2, -0.15) is 9.97 Å². The summed E-state index contributed by atoms with van der Waals surface area (Å²) in [5.41, 5.74) is 5.53. The second-order valence-corrected chi connectivity index (χ2v) is 3.43. The SMILES string of the molecule is COc1cc(NC2CCC2)nc(N)n1. The molecule has 5 heteroatoms. The number of nitrogens with one attached hydrogen (secondary N) is 1. The van der Waals surface area contributed by atoms with Gasteiger partial charge < -0.3 is 15.8 Å². The molecule has 0 bridgehead atoms. The monoisotopic (exact) mass is 194 g/mol. The van der Waals surface area contributed by atoms with Crippen molar-refractivity contribution in [2.24, 2.45) is 0 Å². The standard InChI is InChI=1S/C9H14N4O/c1-14-8-5-7(12-9(10)13-8)11-6-3-2-4-6/h5-6H,2-4H2,1H3,(H3,10,11,12,13). The molecular formula is C9H14N4O. The molecule has 0 unspecified atom stereocenters. The van der Waals surface area contributed by atoms with Crippen molar-refractivity contribution < 1.29 is 4.74 Å². The zero-order chi connectivity index (χ0) is 9.97. The summed E-state index contributed by atoms with van der Waals surface area (Å²) >= 11 is 0. The highest BCUT2D eigenvalue weighted by molar-refractivity contribution is 5.43. The normalized spacial score (nSPS) is 16.1.